The first-order valence-corrected chi connectivity index (χ1v) is 9.71. The fourth-order valence-electron chi connectivity index (χ4n) is 3.59. The van der Waals surface area contributed by atoms with Crippen molar-refractivity contribution in [3.63, 3.8) is 0 Å². The molecule has 0 bridgehead atoms. The number of hydrogen-bond acceptors (Lipinski definition) is 6. The topological polar surface area (TPSA) is 80.8 Å². The summed E-state index contributed by atoms with van der Waals surface area (Å²) in [6.07, 6.45) is 0.366. The molecule has 1 aromatic heterocycles. The molecule has 3 amide bonds. The average Bonchev–Trinajstić information content (AvgIpc) is 3.35. The molecule has 3 aromatic rings. The molecule has 5 rings (SSSR count). The highest BCUT2D eigenvalue weighted by molar-refractivity contribution is 7.18. The Morgan fingerprint density at radius 3 is 2.86 bits per heavy atom. The van der Waals surface area contributed by atoms with E-state index in [1.807, 2.05) is 42.5 Å². The summed E-state index contributed by atoms with van der Waals surface area (Å²) in [5.74, 6) is 1.09. The van der Waals surface area contributed by atoms with Gasteiger partial charge in [0.25, 0.3) is 5.91 Å². The molecule has 0 aliphatic carbocycles. The van der Waals surface area contributed by atoms with Crippen molar-refractivity contribution in [2.24, 2.45) is 0 Å². The quantitative estimate of drug-likeness (QED) is 0.687. The Kier molecular flexibility index (Phi) is 3.77. The second-order valence-electron chi connectivity index (χ2n) is 7.09. The number of aromatic nitrogens is 1. The number of rotatable bonds is 4. The maximum atomic E-state index is 13.1. The van der Waals surface area contributed by atoms with Gasteiger partial charge in [-0.05, 0) is 36.8 Å². The number of carbonyl (C=O) groups is 2. The Labute approximate surface area is 164 Å². The molecule has 1 N–H and O–H groups in total. The van der Waals surface area contributed by atoms with Gasteiger partial charge in [-0.15, -0.1) is 11.3 Å². The first-order valence-electron chi connectivity index (χ1n) is 8.89. The molecule has 0 spiro atoms. The SMILES string of the molecule is C[C@@]1(Cc2ccc3c(c2)OCO3)NC(=O)N(Cc2nc3ccccc3s2)C1=O. The highest BCUT2D eigenvalue weighted by Gasteiger charge is 2.48. The second kappa shape index (κ2) is 6.20. The van der Waals surface area contributed by atoms with Gasteiger partial charge >= 0.3 is 6.03 Å². The maximum Gasteiger partial charge on any atom is 0.325 e. The number of thiazole rings is 1. The molecule has 2 aromatic carbocycles. The molecular formula is C20H17N3O4S. The van der Waals surface area contributed by atoms with Crippen LogP contribution in [-0.2, 0) is 17.8 Å². The lowest BCUT2D eigenvalue weighted by Gasteiger charge is -2.21. The largest absolute Gasteiger partial charge is 0.454 e. The van der Waals surface area contributed by atoms with Gasteiger partial charge < -0.3 is 14.8 Å². The van der Waals surface area contributed by atoms with Crippen LogP contribution in [0, 0.1) is 0 Å². The predicted octanol–water partition coefficient (Wildman–Crippen LogP) is 3.08. The number of urea groups is 1. The van der Waals surface area contributed by atoms with Gasteiger partial charge in [-0.1, -0.05) is 18.2 Å². The zero-order valence-electron chi connectivity index (χ0n) is 15.1. The fraction of sp³-hybridized carbons (Fsp3) is 0.250. The normalized spacial score (nSPS) is 20.8. The minimum Gasteiger partial charge on any atom is -0.454 e. The maximum absolute atomic E-state index is 13.1. The van der Waals surface area contributed by atoms with Crippen molar-refractivity contribution in [3.8, 4) is 11.5 Å². The number of amides is 3. The number of fused-ring (bicyclic) bond motifs is 2. The summed E-state index contributed by atoms with van der Waals surface area (Å²) in [4.78, 5) is 31.4. The molecule has 1 saturated heterocycles. The lowest BCUT2D eigenvalue weighted by molar-refractivity contribution is -0.131. The van der Waals surface area contributed by atoms with E-state index >= 15 is 0 Å². The van der Waals surface area contributed by atoms with Crippen LogP contribution < -0.4 is 14.8 Å². The zero-order chi connectivity index (χ0) is 19.3. The zero-order valence-corrected chi connectivity index (χ0v) is 15.9. The molecule has 28 heavy (non-hydrogen) atoms. The van der Waals surface area contributed by atoms with E-state index in [-0.39, 0.29) is 19.2 Å². The van der Waals surface area contributed by atoms with Crippen LogP contribution in [0.25, 0.3) is 10.2 Å². The van der Waals surface area contributed by atoms with E-state index in [0.29, 0.717) is 17.9 Å². The number of para-hydroxylation sites is 1. The van der Waals surface area contributed by atoms with Crippen LogP contribution in [0.2, 0.25) is 0 Å². The number of imide groups is 1. The number of hydrogen-bond donors (Lipinski definition) is 1. The molecule has 1 atom stereocenters. The lowest BCUT2D eigenvalue weighted by atomic mass is 9.92. The third kappa shape index (κ3) is 2.77. The Morgan fingerprint density at radius 2 is 2.00 bits per heavy atom. The summed E-state index contributed by atoms with van der Waals surface area (Å²) in [7, 11) is 0. The highest BCUT2D eigenvalue weighted by atomic mass is 32.1. The second-order valence-corrected chi connectivity index (χ2v) is 8.21. The first-order chi connectivity index (χ1) is 13.5. The molecule has 8 heteroatoms. The van der Waals surface area contributed by atoms with Gasteiger partial charge in [-0.25, -0.2) is 9.78 Å². The fourth-order valence-corrected chi connectivity index (χ4v) is 4.55. The van der Waals surface area contributed by atoms with Crippen molar-refractivity contribution < 1.29 is 19.1 Å². The van der Waals surface area contributed by atoms with Crippen molar-refractivity contribution in [1.29, 1.82) is 0 Å². The van der Waals surface area contributed by atoms with Crippen LogP contribution >= 0.6 is 11.3 Å². The van der Waals surface area contributed by atoms with Gasteiger partial charge in [0, 0.05) is 6.42 Å². The van der Waals surface area contributed by atoms with Crippen LogP contribution in [-0.4, -0.2) is 34.2 Å². The van der Waals surface area contributed by atoms with E-state index in [4.69, 9.17) is 9.47 Å². The molecule has 1 fully saturated rings. The molecular weight excluding hydrogens is 378 g/mol. The Hall–Kier alpha value is -3.13. The Bertz CT molecular complexity index is 1080. The third-order valence-corrected chi connectivity index (χ3v) is 5.99. The molecule has 0 saturated carbocycles. The van der Waals surface area contributed by atoms with Gasteiger partial charge in [0.2, 0.25) is 6.79 Å². The van der Waals surface area contributed by atoms with E-state index in [1.165, 1.54) is 16.2 Å². The molecule has 2 aliphatic heterocycles. The molecule has 3 heterocycles. The van der Waals surface area contributed by atoms with Crippen LogP contribution in [0.4, 0.5) is 4.79 Å². The smallest absolute Gasteiger partial charge is 0.325 e. The summed E-state index contributed by atoms with van der Waals surface area (Å²) < 4.78 is 11.8. The van der Waals surface area contributed by atoms with Crippen LogP contribution in [0.1, 0.15) is 17.5 Å². The van der Waals surface area contributed by atoms with Crippen molar-refractivity contribution in [2.75, 3.05) is 6.79 Å². The van der Waals surface area contributed by atoms with Crippen LogP contribution in [0.5, 0.6) is 11.5 Å². The van der Waals surface area contributed by atoms with Gasteiger partial charge in [-0.2, -0.15) is 0 Å². The average molecular weight is 395 g/mol. The minimum absolute atomic E-state index is 0.167. The number of carbonyl (C=O) groups excluding carboxylic acids is 2. The van der Waals surface area contributed by atoms with E-state index in [9.17, 15) is 9.59 Å². The highest BCUT2D eigenvalue weighted by Crippen LogP contribution is 2.34. The summed E-state index contributed by atoms with van der Waals surface area (Å²) in [5.41, 5.74) is 0.751. The van der Waals surface area contributed by atoms with Crippen molar-refractivity contribution in [3.05, 3.63) is 53.0 Å². The van der Waals surface area contributed by atoms with E-state index < -0.39 is 11.6 Å². The van der Waals surface area contributed by atoms with Crippen molar-refractivity contribution in [2.45, 2.75) is 25.4 Å². The molecule has 0 unspecified atom stereocenters. The number of benzene rings is 2. The summed E-state index contributed by atoms with van der Waals surface area (Å²) in [6.45, 7) is 2.11. The number of nitrogens with zero attached hydrogens (tertiary/aromatic N) is 2. The minimum atomic E-state index is -1.01. The molecule has 142 valence electrons. The standard InChI is InChI=1S/C20H17N3O4S/c1-20(9-12-6-7-14-15(8-12)27-11-26-14)18(24)23(19(25)22-20)10-17-21-13-4-2-3-5-16(13)28-17/h2-8H,9-11H2,1H3,(H,22,25)/t20-/m0/s1. The van der Waals surface area contributed by atoms with Gasteiger partial charge in [0.15, 0.2) is 11.5 Å². The van der Waals surface area contributed by atoms with Crippen LogP contribution in [0.15, 0.2) is 42.5 Å². The number of nitrogens with one attached hydrogen (secondary N) is 1. The first kappa shape index (κ1) is 17.0. The van der Waals surface area contributed by atoms with Gasteiger partial charge in [0.05, 0.1) is 16.8 Å². The molecule has 0 radical (unpaired) electrons. The van der Waals surface area contributed by atoms with Crippen molar-refractivity contribution >= 4 is 33.5 Å². The monoisotopic (exact) mass is 395 g/mol. The molecule has 7 nitrogen and oxygen atoms in total. The van der Waals surface area contributed by atoms with Gasteiger partial charge in [-0.3, -0.25) is 9.69 Å². The lowest BCUT2D eigenvalue weighted by Crippen LogP contribution is -2.45. The third-order valence-electron chi connectivity index (χ3n) is 4.97. The predicted molar refractivity (Wildman–Crippen MR) is 103 cm³/mol. The summed E-state index contributed by atoms with van der Waals surface area (Å²) in [5, 5.41) is 3.58. The number of ether oxygens (including phenoxy) is 2. The molecule has 2 aliphatic rings. The van der Waals surface area contributed by atoms with Gasteiger partial charge in [0.1, 0.15) is 10.5 Å². The summed E-state index contributed by atoms with van der Waals surface area (Å²) in [6, 6.07) is 12.9. The Morgan fingerprint density at radius 1 is 1.18 bits per heavy atom. The van der Waals surface area contributed by atoms with Crippen LogP contribution in [0.3, 0.4) is 0 Å². The van der Waals surface area contributed by atoms with E-state index in [0.717, 1.165) is 20.8 Å². The van der Waals surface area contributed by atoms with E-state index in [2.05, 4.69) is 10.3 Å². The van der Waals surface area contributed by atoms with E-state index in [1.54, 1.807) is 6.92 Å². The Balaban J connectivity index is 1.37. The van der Waals surface area contributed by atoms with Crippen molar-refractivity contribution in [1.82, 2.24) is 15.2 Å². The summed E-state index contributed by atoms with van der Waals surface area (Å²) >= 11 is 1.49.